The molecule has 2 aliphatic heterocycles. The van der Waals surface area contributed by atoms with Crippen molar-refractivity contribution in [1.29, 1.82) is 0 Å². The molecule has 0 aliphatic carbocycles. The Labute approximate surface area is 160 Å². The molecule has 2 fully saturated rings. The number of pyridine rings is 1. The number of nitrogens with zero attached hydrogens (tertiary/aromatic N) is 4. The summed E-state index contributed by atoms with van der Waals surface area (Å²) in [6.45, 7) is 8.57. The second-order valence-corrected chi connectivity index (χ2v) is 7.30. The van der Waals surface area contributed by atoms with E-state index >= 15 is 0 Å². The zero-order valence-corrected chi connectivity index (χ0v) is 16.1. The average Bonchev–Trinajstić information content (AvgIpc) is 3.32. The lowest BCUT2D eigenvalue weighted by Crippen LogP contribution is -2.41. The van der Waals surface area contributed by atoms with Gasteiger partial charge in [0.2, 0.25) is 0 Å². The minimum atomic E-state index is 0.00912. The van der Waals surface area contributed by atoms with E-state index in [-0.39, 0.29) is 5.91 Å². The molecule has 0 saturated carbocycles. The van der Waals surface area contributed by atoms with Gasteiger partial charge in [-0.15, -0.1) is 0 Å². The van der Waals surface area contributed by atoms with Gasteiger partial charge in [0.15, 0.2) is 5.69 Å². The molecule has 7 nitrogen and oxygen atoms in total. The molecule has 1 atom stereocenters. The Morgan fingerprint density at radius 3 is 2.96 bits per heavy atom. The maximum absolute atomic E-state index is 13.1. The molecule has 1 amide bonds. The molecule has 7 heteroatoms. The number of likely N-dealkylation sites (N-methyl/N-ethyl adjacent to an activating group) is 1. The second kappa shape index (κ2) is 8.37. The molecule has 0 bridgehead atoms. The molecule has 2 aromatic rings. The fourth-order valence-electron chi connectivity index (χ4n) is 4.20. The first-order valence-electron chi connectivity index (χ1n) is 10.1. The molecule has 0 spiro atoms. The Balaban J connectivity index is 1.52. The van der Waals surface area contributed by atoms with E-state index in [0.29, 0.717) is 44.6 Å². The van der Waals surface area contributed by atoms with Crippen molar-refractivity contribution in [2.24, 2.45) is 0 Å². The average molecular weight is 371 g/mol. The summed E-state index contributed by atoms with van der Waals surface area (Å²) in [6, 6.07) is 6.49. The number of imidazole rings is 1. The molecule has 0 aromatic carbocycles. The third-order valence-electron chi connectivity index (χ3n) is 5.71. The fourth-order valence-corrected chi connectivity index (χ4v) is 4.20. The van der Waals surface area contributed by atoms with Crippen molar-refractivity contribution in [3.05, 3.63) is 35.8 Å². The normalized spacial score (nSPS) is 21.2. The predicted octanol–water partition coefficient (Wildman–Crippen LogP) is 1.38. The Kier molecular flexibility index (Phi) is 5.71. The number of rotatable bonds is 6. The van der Waals surface area contributed by atoms with Crippen molar-refractivity contribution in [1.82, 2.24) is 24.5 Å². The number of aromatic nitrogens is 2. The molecule has 2 aliphatic rings. The molecule has 1 unspecified atom stereocenters. The zero-order chi connectivity index (χ0) is 18.6. The summed E-state index contributed by atoms with van der Waals surface area (Å²) < 4.78 is 7.42. The van der Waals surface area contributed by atoms with Gasteiger partial charge in [0.1, 0.15) is 5.65 Å². The molecule has 4 rings (SSSR count). The summed E-state index contributed by atoms with van der Waals surface area (Å²) in [6.07, 6.45) is 4.51. The highest BCUT2D eigenvalue weighted by Gasteiger charge is 2.26. The molecule has 4 heterocycles. The van der Waals surface area contributed by atoms with Crippen LogP contribution in [0.2, 0.25) is 0 Å². The molecule has 1 N–H and O–H groups in total. The van der Waals surface area contributed by atoms with E-state index in [1.54, 1.807) is 0 Å². The molecular formula is C20H29N5O2. The number of hydrogen-bond donors (Lipinski definition) is 1. The Morgan fingerprint density at radius 2 is 2.15 bits per heavy atom. The number of ether oxygens (including phenoxy) is 1. The number of morpholine rings is 1. The minimum Gasteiger partial charge on any atom is -0.378 e. The lowest BCUT2D eigenvalue weighted by molar-refractivity contribution is 0.0298. The number of hydrogen-bond acceptors (Lipinski definition) is 5. The van der Waals surface area contributed by atoms with E-state index < -0.39 is 0 Å². The Morgan fingerprint density at radius 1 is 1.30 bits per heavy atom. The van der Waals surface area contributed by atoms with Gasteiger partial charge in [0.25, 0.3) is 5.91 Å². The third-order valence-corrected chi connectivity index (χ3v) is 5.71. The van der Waals surface area contributed by atoms with E-state index in [1.165, 1.54) is 19.4 Å². The summed E-state index contributed by atoms with van der Waals surface area (Å²) in [5.74, 6) is 0.00912. The number of amides is 1. The van der Waals surface area contributed by atoms with Gasteiger partial charge in [0.05, 0.1) is 18.9 Å². The van der Waals surface area contributed by atoms with Crippen LogP contribution in [0.25, 0.3) is 5.65 Å². The molecule has 2 saturated heterocycles. The van der Waals surface area contributed by atoms with Crippen LogP contribution in [-0.2, 0) is 11.3 Å². The second-order valence-electron chi connectivity index (χ2n) is 7.30. The van der Waals surface area contributed by atoms with Gasteiger partial charge in [-0.25, -0.2) is 4.98 Å². The van der Waals surface area contributed by atoms with E-state index in [0.717, 1.165) is 24.4 Å². The largest absolute Gasteiger partial charge is 0.378 e. The SMILES string of the molecule is CCN1CCCC1CNCc1c(C(=O)N2CCOCC2)nc2ccccn12. The molecule has 2 aromatic heterocycles. The van der Waals surface area contributed by atoms with E-state index in [1.807, 2.05) is 33.7 Å². The highest BCUT2D eigenvalue weighted by atomic mass is 16.5. The van der Waals surface area contributed by atoms with E-state index in [4.69, 9.17) is 4.74 Å². The fraction of sp³-hybridized carbons (Fsp3) is 0.600. The van der Waals surface area contributed by atoms with E-state index in [9.17, 15) is 4.79 Å². The topological polar surface area (TPSA) is 62.1 Å². The lowest BCUT2D eigenvalue weighted by atomic mass is 10.2. The minimum absolute atomic E-state index is 0.00912. The van der Waals surface area contributed by atoms with Crippen molar-refractivity contribution in [3.8, 4) is 0 Å². The third kappa shape index (κ3) is 3.85. The lowest BCUT2D eigenvalue weighted by Gasteiger charge is -2.26. The smallest absolute Gasteiger partial charge is 0.274 e. The van der Waals surface area contributed by atoms with Crippen LogP contribution < -0.4 is 5.32 Å². The monoisotopic (exact) mass is 371 g/mol. The van der Waals surface area contributed by atoms with Crippen molar-refractivity contribution in [2.45, 2.75) is 32.4 Å². The maximum Gasteiger partial charge on any atom is 0.274 e. The highest BCUT2D eigenvalue weighted by molar-refractivity contribution is 5.94. The molecule has 27 heavy (non-hydrogen) atoms. The van der Waals surface area contributed by atoms with Crippen LogP contribution in [0.3, 0.4) is 0 Å². The van der Waals surface area contributed by atoms with Crippen molar-refractivity contribution in [3.63, 3.8) is 0 Å². The highest BCUT2D eigenvalue weighted by Crippen LogP contribution is 2.18. The van der Waals surface area contributed by atoms with Gasteiger partial charge in [-0.05, 0) is 38.1 Å². The van der Waals surface area contributed by atoms with E-state index in [2.05, 4.69) is 22.1 Å². The summed E-state index contributed by atoms with van der Waals surface area (Å²) >= 11 is 0. The summed E-state index contributed by atoms with van der Waals surface area (Å²) in [7, 11) is 0. The first-order valence-corrected chi connectivity index (χ1v) is 10.1. The number of fused-ring (bicyclic) bond motifs is 1. The summed E-state index contributed by atoms with van der Waals surface area (Å²) in [5, 5.41) is 3.59. The number of carbonyl (C=O) groups excluding carboxylic acids is 1. The van der Waals surface area contributed by atoms with Gasteiger partial charge >= 0.3 is 0 Å². The summed E-state index contributed by atoms with van der Waals surface area (Å²) in [4.78, 5) is 22.1. The quantitative estimate of drug-likeness (QED) is 0.831. The van der Waals surface area contributed by atoms with Crippen molar-refractivity contribution in [2.75, 3.05) is 45.9 Å². The molecule has 146 valence electrons. The van der Waals surface area contributed by atoms with Crippen LogP contribution in [0.15, 0.2) is 24.4 Å². The summed E-state index contributed by atoms with van der Waals surface area (Å²) in [5.41, 5.74) is 2.33. The molecule has 0 radical (unpaired) electrons. The number of likely N-dealkylation sites (tertiary alicyclic amines) is 1. The van der Waals surface area contributed by atoms with Crippen LogP contribution in [-0.4, -0.2) is 77.1 Å². The first kappa shape index (κ1) is 18.4. The van der Waals surface area contributed by atoms with Gasteiger partial charge in [-0.3, -0.25) is 9.69 Å². The van der Waals surface area contributed by atoms with Crippen LogP contribution in [0.5, 0.6) is 0 Å². The van der Waals surface area contributed by atoms with Crippen molar-refractivity contribution >= 4 is 11.6 Å². The van der Waals surface area contributed by atoms with Crippen LogP contribution >= 0.6 is 0 Å². The van der Waals surface area contributed by atoms with Gasteiger partial charge in [-0.2, -0.15) is 0 Å². The zero-order valence-electron chi connectivity index (χ0n) is 16.1. The Bertz CT molecular complexity index is 784. The van der Waals surface area contributed by atoms with Crippen LogP contribution in [0, 0.1) is 0 Å². The standard InChI is InChI=1S/C20H29N5O2/c1-2-23-8-5-6-16(23)14-21-15-17-19(20(26)24-10-12-27-13-11-24)22-18-7-3-4-9-25(17)18/h3-4,7,9,16,21H,2,5-6,8,10-15H2,1H3. The first-order chi connectivity index (χ1) is 13.3. The van der Waals surface area contributed by atoms with Gasteiger partial charge in [0, 0.05) is 38.4 Å². The maximum atomic E-state index is 13.1. The number of carbonyl (C=O) groups is 1. The van der Waals surface area contributed by atoms with Gasteiger partial charge < -0.3 is 19.4 Å². The Hall–Kier alpha value is -1.96. The van der Waals surface area contributed by atoms with Crippen LogP contribution in [0.1, 0.15) is 35.9 Å². The van der Waals surface area contributed by atoms with Crippen molar-refractivity contribution < 1.29 is 9.53 Å². The number of nitrogens with one attached hydrogen (secondary N) is 1. The predicted molar refractivity (Wildman–Crippen MR) is 104 cm³/mol. The molecular weight excluding hydrogens is 342 g/mol. The van der Waals surface area contributed by atoms with Crippen LogP contribution in [0.4, 0.5) is 0 Å². The van der Waals surface area contributed by atoms with Gasteiger partial charge in [-0.1, -0.05) is 13.0 Å².